The van der Waals surface area contributed by atoms with Crippen molar-refractivity contribution in [1.29, 1.82) is 0 Å². The van der Waals surface area contributed by atoms with Gasteiger partial charge in [0, 0.05) is 12.3 Å². The summed E-state index contributed by atoms with van der Waals surface area (Å²) in [4.78, 5) is 0. The zero-order chi connectivity index (χ0) is 39.9. The lowest BCUT2D eigenvalue weighted by atomic mass is 9.43. The molecule has 55 heavy (non-hydrogen) atoms. The highest BCUT2D eigenvalue weighted by Gasteiger charge is 2.69. The molecule has 0 aromatic rings. The SMILES string of the molecule is C[C@@H](CC[C@@]1(O)O[C@H]2C[C@H]3[C@@H]4C[C@@H](O)[C@H]5C[C@@H](O)[C@H](O[C@@H]6O[C@H](CO)[C@@H](O)[C@H](O)[C@H]6O)C[C@]5(C)[C@H]4CC[C@]3(C)[C@H]2[C@@H]1C)CO[C@@H]1O[C@H](CO)[C@@H](O)[C@H](O)[C@H]1O. The Hall–Kier alpha value is -0.640. The molecule has 0 bridgehead atoms. The number of fused-ring (bicyclic) bond motifs is 7. The number of aliphatic hydroxyl groups is 11. The quantitative estimate of drug-likeness (QED) is 0.111. The van der Waals surface area contributed by atoms with Crippen molar-refractivity contribution in [1.82, 2.24) is 0 Å². The zero-order valence-electron chi connectivity index (χ0n) is 32.4. The second-order valence-corrected chi connectivity index (χ2v) is 18.9. The minimum Gasteiger partial charge on any atom is -0.394 e. The fourth-order valence-electron chi connectivity index (χ4n) is 12.8. The molecule has 0 radical (unpaired) electrons. The average molecular weight is 791 g/mol. The Morgan fingerprint density at radius 3 is 1.98 bits per heavy atom. The third-order valence-electron chi connectivity index (χ3n) is 15.9. The first-order valence-corrected chi connectivity index (χ1v) is 20.5. The van der Waals surface area contributed by atoms with Gasteiger partial charge in [-0.15, -0.1) is 0 Å². The van der Waals surface area contributed by atoms with Crippen LogP contribution in [0.3, 0.4) is 0 Å². The molecule has 0 aromatic heterocycles. The maximum atomic E-state index is 12.0. The van der Waals surface area contributed by atoms with Crippen LogP contribution in [0.15, 0.2) is 0 Å². The first-order chi connectivity index (χ1) is 25.9. The van der Waals surface area contributed by atoms with Gasteiger partial charge in [-0.25, -0.2) is 0 Å². The van der Waals surface area contributed by atoms with Gasteiger partial charge < -0.3 is 79.9 Å². The van der Waals surface area contributed by atoms with Crippen molar-refractivity contribution in [3.05, 3.63) is 0 Å². The maximum absolute atomic E-state index is 12.0. The Morgan fingerprint density at radius 2 is 1.35 bits per heavy atom. The summed E-state index contributed by atoms with van der Waals surface area (Å²) in [6, 6.07) is 0. The standard InChI is InChI=1S/C39H66O16/c1-16(15-51-35-33(48)31(46)29(44)26(13-40)53-35)5-8-39(50)17(2)28-24(55-39)11-20-18-9-22(42)21-10-23(43)25(12-38(21,4)19(18)6-7-37(20,28)3)52-36-34(49)32(47)30(45)27(14-41)54-36/h16-36,40-50H,5-15H2,1-4H3/t16-,17-,18+,19-,20-,21+,22+,23+,24-,25+,26+,27+,28-,29+,30+,31-,32-,33+,34+,35+,36+,37-,38+,39+/m0/s1. The minimum absolute atomic E-state index is 0.0775. The van der Waals surface area contributed by atoms with Crippen LogP contribution in [0, 0.1) is 52.3 Å². The van der Waals surface area contributed by atoms with Gasteiger partial charge in [-0.1, -0.05) is 27.7 Å². The van der Waals surface area contributed by atoms with Crippen LogP contribution in [0.1, 0.15) is 79.1 Å². The Morgan fingerprint density at radius 1 is 0.727 bits per heavy atom. The van der Waals surface area contributed by atoms with Crippen LogP contribution in [0.2, 0.25) is 0 Å². The molecule has 3 aliphatic heterocycles. The normalized spacial score (nSPS) is 57.0. The number of ether oxygens (including phenoxy) is 5. The van der Waals surface area contributed by atoms with E-state index in [1.807, 2.05) is 6.92 Å². The van der Waals surface area contributed by atoms with E-state index in [1.165, 1.54) is 0 Å². The lowest BCUT2D eigenvalue weighted by molar-refractivity contribution is -0.327. The van der Waals surface area contributed by atoms with Gasteiger partial charge in [-0.2, -0.15) is 0 Å². The molecule has 3 heterocycles. The minimum atomic E-state index is -1.59. The summed E-state index contributed by atoms with van der Waals surface area (Å²) in [5.74, 6) is -1.04. The summed E-state index contributed by atoms with van der Waals surface area (Å²) in [6.45, 7) is 7.52. The van der Waals surface area contributed by atoms with E-state index in [1.54, 1.807) is 0 Å². The summed E-state index contributed by atoms with van der Waals surface area (Å²) < 4.78 is 29.6. The second kappa shape index (κ2) is 15.8. The summed E-state index contributed by atoms with van der Waals surface area (Å²) >= 11 is 0. The van der Waals surface area contributed by atoms with Crippen molar-refractivity contribution < 1.29 is 79.9 Å². The Kier molecular flexibility index (Phi) is 12.2. The molecule has 16 nitrogen and oxygen atoms in total. The van der Waals surface area contributed by atoms with Crippen LogP contribution >= 0.6 is 0 Å². The molecule has 4 saturated carbocycles. The molecule has 7 fully saturated rings. The molecule has 7 aliphatic rings. The molecule has 318 valence electrons. The zero-order valence-corrected chi connectivity index (χ0v) is 32.4. The first-order valence-electron chi connectivity index (χ1n) is 20.5. The van der Waals surface area contributed by atoms with Gasteiger partial charge in [0.1, 0.15) is 48.8 Å². The van der Waals surface area contributed by atoms with Crippen molar-refractivity contribution >= 4 is 0 Å². The van der Waals surface area contributed by atoms with E-state index in [9.17, 15) is 56.2 Å². The molecule has 0 amide bonds. The van der Waals surface area contributed by atoms with Crippen molar-refractivity contribution in [2.24, 2.45) is 52.3 Å². The van der Waals surface area contributed by atoms with E-state index in [0.717, 1.165) is 19.3 Å². The van der Waals surface area contributed by atoms with Crippen molar-refractivity contribution in [3.8, 4) is 0 Å². The number of aliphatic hydroxyl groups excluding tert-OH is 10. The van der Waals surface area contributed by atoms with Gasteiger partial charge in [-0.3, -0.25) is 0 Å². The van der Waals surface area contributed by atoms with Crippen LogP contribution in [-0.4, -0.2) is 168 Å². The van der Waals surface area contributed by atoms with Crippen LogP contribution in [0.25, 0.3) is 0 Å². The fraction of sp³-hybridized carbons (Fsp3) is 1.00. The third kappa shape index (κ3) is 7.14. The highest BCUT2D eigenvalue weighted by Crippen LogP contribution is 2.71. The second-order valence-electron chi connectivity index (χ2n) is 18.9. The van der Waals surface area contributed by atoms with Gasteiger partial charge in [0.15, 0.2) is 18.4 Å². The number of rotatable bonds is 10. The molecule has 11 N–H and O–H groups in total. The Labute approximate surface area is 322 Å². The van der Waals surface area contributed by atoms with Crippen molar-refractivity contribution in [2.45, 2.75) is 171 Å². The third-order valence-corrected chi connectivity index (χ3v) is 15.9. The molecule has 7 rings (SSSR count). The average Bonchev–Trinajstić information content (AvgIpc) is 3.59. The summed E-state index contributed by atoms with van der Waals surface area (Å²) in [5.41, 5.74) is -0.558. The smallest absolute Gasteiger partial charge is 0.187 e. The van der Waals surface area contributed by atoms with E-state index in [-0.39, 0.29) is 59.6 Å². The van der Waals surface area contributed by atoms with E-state index in [0.29, 0.717) is 32.1 Å². The van der Waals surface area contributed by atoms with Crippen LogP contribution in [0.5, 0.6) is 0 Å². The first kappa shape index (κ1) is 42.5. The van der Waals surface area contributed by atoms with E-state index < -0.39 is 104 Å². The number of hydrogen-bond acceptors (Lipinski definition) is 16. The lowest BCUT2D eigenvalue weighted by Gasteiger charge is -2.63. The van der Waals surface area contributed by atoms with Crippen LogP contribution in [-0.2, 0) is 23.7 Å². The van der Waals surface area contributed by atoms with Crippen molar-refractivity contribution in [3.63, 3.8) is 0 Å². The molecule has 0 unspecified atom stereocenters. The van der Waals surface area contributed by atoms with Crippen LogP contribution < -0.4 is 0 Å². The highest BCUT2D eigenvalue weighted by atomic mass is 16.7. The highest BCUT2D eigenvalue weighted by molar-refractivity contribution is 5.16. The van der Waals surface area contributed by atoms with E-state index >= 15 is 0 Å². The Bertz CT molecular complexity index is 1320. The van der Waals surface area contributed by atoms with E-state index in [4.69, 9.17) is 23.7 Å². The largest absolute Gasteiger partial charge is 0.394 e. The number of hydrogen-bond donors (Lipinski definition) is 11. The molecule has 24 atom stereocenters. The summed E-state index contributed by atoms with van der Waals surface area (Å²) in [6.07, 6.45) is -11.7. The van der Waals surface area contributed by atoms with Crippen molar-refractivity contribution in [2.75, 3.05) is 19.8 Å². The molecular formula is C39H66O16. The molecular weight excluding hydrogens is 724 g/mol. The predicted octanol–water partition coefficient (Wildman–Crippen LogP) is -1.66. The van der Waals surface area contributed by atoms with Gasteiger partial charge in [0.25, 0.3) is 0 Å². The van der Waals surface area contributed by atoms with Gasteiger partial charge in [0.2, 0.25) is 0 Å². The monoisotopic (exact) mass is 790 g/mol. The van der Waals surface area contributed by atoms with Crippen LogP contribution in [0.4, 0.5) is 0 Å². The Balaban J connectivity index is 0.987. The summed E-state index contributed by atoms with van der Waals surface area (Å²) in [7, 11) is 0. The summed E-state index contributed by atoms with van der Waals surface area (Å²) in [5, 5.41) is 116. The van der Waals surface area contributed by atoms with Gasteiger partial charge >= 0.3 is 0 Å². The van der Waals surface area contributed by atoms with Gasteiger partial charge in [-0.05, 0) is 91.3 Å². The molecule has 0 aromatic carbocycles. The molecule has 16 heteroatoms. The lowest BCUT2D eigenvalue weighted by Crippen LogP contribution is -2.63. The predicted molar refractivity (Wildman–Crippen MR) is 189 cm³/mol. The topological polar surface area (TPSA) is 269 Å². The molecule has 4 aliphatic carbocycles. The maximum Gasteiger partial charge on any atom is 0.187 e. The molecule has 0 spiro atoms. The fourth-order valence-corrected chi connectivity index (χ4v) is 12.8. The molecule has 3 saturated heterocycles. The van der Waals surface area contributed by atoms with E-state index in [2.05, 4.69) is 20.8 Å². The van der Waals surface area contributed by atoms with Gasteiger partial charge in [0.05, 0.1) is 44.2 Å².